The van der Waals surface area contributed by atoms with Crippen LogP contribution in [0.4, 0.5) is 0 Å². The number of hydrogen-bond donors (Lipinski definition) is 1. The summed E-state index contributed by atoms with van der Waals surface area (Å²) in [5.74, 6) is 1.72. The molecule has 0 aromatic carbocycles. The van der Waals surface area contributed by atoms with Gasteiger partial charge in [-0.2, -0.15) is 0 Å². The van der Waals surface area contributed by atoms with Crippen molar-refractivity contribution in [3.8, 4) is 0 Å². The normalized spacial score (nSPS) is 35.3. The number of nitrogens with one attached hydrogen (secondary N) is 1. The molecule has 3 rings (SSSR count). The number of allylic oxidation sites excluding steroid dienone is 6. The molecular weight excluding hydrogens is 292 g/mol. The molecule has 2 fully saturated rings. The Morgan fingerprint density at radius 1 is 1.32 bits per heavy atom. The molecule has 0 spiro atoms. The lowest BCUT2D eigenvalue weighted by Gasteiger charge is -2.26. The van der Waals surface area contributed by atoms with Gasteiger partial charge in [-0.05, 0) is 54.9 Å². The Kier molecular flexibility index (Phi) is 4.49. The average Bonchev–Trinajstić information content (AvgIpc) is 3.08. The van der Waals surface area contributed by atoms with E-state index in [-0.39, 0.29) is 0 Å². The second-order valence-corrected chi connectivity index (χ2v) is 6.98. The molecule has 0 radical (unpaired) electrons. The minimum Gasteiger partial charge on any atom is -0.370 e. The first-order valence-corrected chi connectivity index (χ1v) is 8.65. The number of fused-ring (bicyclic) bond motifs is 1. The van der Waals surface area contributed by atoms with Crippen LogP contribution >= 0.6 is 11.6 Å². The maximum Gasteiger partial charge on any atom is 0.0619 e. The Labute approximate surface area is 138 Å². The third-order valence-electron chi connectivity index (χ3n) is 5.15. The zero-order valence-electron chi connectivity index (χ0n) is 13.4. The van der Waals surface area contributed by atoms with E-state index in [4.69, 9.17) is 11.6 Å². The summed E-state index contributed by atoms with van der Waals surface area (Å²) < 4.78 is 0. The first-order valence-electron chi connectivity index (χ1n) is 8.27. The van der Waals surface area contributed by atoms with Crippen molar-refractivity contribution in [3.63, 3.8) is 0 Å². The highest BCUT2D eigenvalue weighted by Crippen LogP contribution is 2.39. The Morgan fingerprint density at radius 3 is 2.64 bits per heavy atom. The Balaban J connectivity index is 1.80. The van der Waals surface area contributed by atoms with Crippen LogP contribution in [0.2, 0.25) is 0 Å². The zero-order valence-corrected chi connectivity index (χ0v) is 14.1. The maximum atomic E-state index is 6.28. The van der Waals surface area contributed by atoms with Crippen LogP contribution in [-0.2, 0) is 0 Å². The first kappa shape index (κ1) is 15.5. The standard InChI is InChI=1S/C19H25ClN2/c1-4-17-8-9-18(20)13(2)10-19(21-17)14(3)22-11-15-6-5-7-16(15)12-22/h8-10,15-16,21H,2-7,11-12H2,1H3/b17-8-,18-9+,19-10-. The summed E-state index contributed by atoms with van der Waals surface area (Å²) in [4.78, 5) is 2.44. The van der Waals surface area contributed by atoms with E-state index in [9.17, 15) is 0 Å². The van der Waals surface area contributed by atoms with Crippen LogP contribution in [0.15, 0.2) is 59.1 Å². The van der Waals surface area contributed by atoms with E-state index in [0.29, 0.717) is 5.03 Å². The summed E-state index contributed by atoms with van der Waals surface area (Å²) in [6.07, 6.45) is 11.1. The van der Waals surface area contributed by atoms with Crippen molar-refractivity contribution >= 4 is 11.6 Å². The van der Waals surface area contributed by atoms with Crippen LogP contribution in [-0.4, -0.2) is 18.0 Å². The number of nitrogens with zero attached hydrogens (tertiary/aromatic N) is 1. The lowest BCUT2D eigenvalue weighted by atomic mass is 10.0. The largest absolute Gasteiger partial charge is 0.370 e. The minimum absolute atomic E-state index is 0.691. The fourth-order valence-corrected chi connectivity index (χ4v) is 3.88. The quantitative estimate of drug-likeness (QED) is 0.812. The zero-order chi connectivity index (χ0) is 15.7. The predicted molar refractivity (Wildman–Crippen MR) is 94.2 cm³/mol. The molecule has 2 unspecified atom stereocenters. The first-order chi connectivity index (χ1) is 10.6. The molecule has 0 aromatic heterocycles. The monoisotopic (exact) mass is 316 g/mol. The molecule has 2 heterocycles. The summed E-state index contributed by atoms with van der Waals surface area (Å²) in [7, 11) is 0. The van der Waals surface area contributed by atoms with Crippen LogP contribution in [0.3, 0.4) is 0 Å². The molecule has 1 saturated carbocycles. The highest BCUT2D eigenvalue weighted by atomic mass is 35.5. The van der Waals surface area contributed by atoms with Crippen LogP contribution in [0, 0.1) is 11.8 Å². The van der Waals surface area contributed by atoms with Gasteiger partial charge in [0.05, 0.1) is 11.4 Å². The topological polar surface area (TPSA) is 15.3 Å². The van der Waals surface area contributed by atoms with Gasteiger partial charge in [-0.15, -0.1) is 0 Å². The highest BCUT2D eigenvalue weighted by molar-refractivity contribution is 6.32. The molecule has 2 nitrogen and oxygen atoms in total. The molecule has 1 N–H and O–H groups in total. The number of halogens is 1. The molecule has 2 atom stereocenters. The molecule has 1 aliphatic carbocycles. The van der Waals surface area contributed by atoms with Crippen molar-refractivity contribution in [2.45, 2.75) is 32.6 Å². The van der Waals surface area contributed by atoms with Crippen molar-refractivity contribution in [2.24, 2.45) is 11.8 Å². The highest BCUT2D eigenvalue weighted by Gasteiger charge is 2.36. The molecule has 22 heavy (non-hydrogen) atoms. The van der Waals surface area contributed by atoms with Gasteiger partial charge in [-0.3, -0.25) is 0 Å². The van der Waals surface area contributed by atoms with Crippen LogP contribution in [0.5, 0.6) is 0 Å². The van der Waals surface area contributed by atoms with Crippen molar-refractivity contribution in [3.05, 3.63) is 59.1 Å². The molecule has 0 aromatic rings. The molecule has 1 saturated heterocycles. The number of hydrogen-bond acceptors (Lipinski definition) is 2. The van der Waals surface area contributed by atoms with E-state index in [1.54, 1.807) is 0 Å². The summed E-state index contributed by atoms with van der Waals surface area (Å²) in [6, 6.07) is 0. The van der Waals surface area contributed by atoms with Crippen LogP contribution in [0.1, 0.15) is 32.6 Å². The third kappa shape index (κ3) is 3.03. The summed E-state index contributed by atoms with van der Waals surface area (Å²) in [5, 5.41) is 4.21. The molecular formula is C19H25ClN2. The molecule has 0 amide bonds. The summed E-state index contributed by atoms with van der Waals surface area (Å²) in [5.41, 5.74) is 4.08. The van der Waals surface area contributed by atoms with Gasteiger partial charge in [-0.1, -0.05) is 38.1 Å². The molecule has 0 bridgehead atoms. The Bertz CT molecular complexity index is 570. The number of likely N-dealkylation sites (tertiary alicyclic amines) is 1. The predicted octanol–water partition coefficient (Wildman–Crippen LogP) is 4.69. The van der Waals surface area contributed by atoms with Crippen molar-refractivity contribution in [1.82, 2.24) is 10.2 Å². The van der Waals surface area contributed by atoms with E-state index in [0.717, 1.165) is 54.0 Å². The van der Waals surface area contributed by atoms with Gasteiger partial charge in [0.15, 0.2) is 0 Å². The lowest BCUT2D eigenvalue weighted by Crippen LogP contribution is -2.27. The lowest BCUT2D eigenvalue weighted by molar-refractivity contribution is 0.391. The van der Waals surface area contributed by atoms with E-state index in [1.807, 2.05) is 18.2 Å². The van der Waals surface area contributed by atoms with E-state index in [2.05, 4.69) is 30.3 Å². The molecule has 3 heteroatoms. The van der Waals surface area contributed by atoms with Crippen molar-refractivity contribution < 1.29 is 0 Å². The van der Waals surface area contributed by atoms with E-state index in [1.165, 1.54) is 19.3 Å². The van der Waals surface area contributed by atoms with E-state index < -0.39 is 0 Å². The van der Waals surface area contributed by atoms with Gasteiger partial charge < -0.3 is 10.2 Å². The van der Waals surface area contributed by atoms with Gasteiger partial charge in [0.25, 0.3) is 0 Å². The Morgan fingerprint density at radius 2 is 2.00 bits per heavy atom. The maximum absolute atomic E-state index is 6.28. The van der Waals surface area contributed by atoms with Crippen molar-refractivity contribution in [2.75, 3.05) is 13.1 Å². The SMILES string of the molecule is C=C1/C=C(/C(=C)N2CC3CCCC3C2)N/C(CC)=C\C=C/1Cl. The third-order valence-corrected chi connectivity index (χ3v) is 5.52. The van der Waals surface area contributed by atoms with Gasteiger partial charge >= 0.3 is 0 Å². The van der Waals surface area contributed by atoms with Crippen LogP contribution < -0.4 is 5.32 Å². The van der Waals surface area contributed by atoms with E-state index >= 15 is 0 Å². The van der Waals surface area contributed by atoms with Gasteiger partial charge in [0.2, 0.25) is 0 Å². The van der Waals surface area contributed by atoms with Gasteiger partial charge in [-0.25, -0.2) is 0 Å². The molecule has 118 valence electrons. The van der Waals surface area contributed by atoms with Crippen LogP contribution in [0.25, 0.3) is 0 Å². The molecule has 3 aliphatic rings. The second-order valence-electron chi connectivity index (χ2n) is 6.57. The minimum atomic E-state index is 0.691. The smallest absolute Gasteiger partial charge is 0.0619 e. The van der Waals surface area contributed by atoms with Gasteiger partial charge in [0, 0.05) is 23.8 Å². The Hall–Kier alpha value is -1.41. The summed E-state index contributed by atoms with van der Waals surface area (Å²) in [6.45, 7) is 12.8. The van der Waals surface area contributed by atoms with Crippen molar-refractivity contribution in [1.29, 1.82) is 0 Å². The second kappa shape index (κ2) is 6.37. The summed E-state index contributed by atoms with van der Waals surface area (Å²) >= 11 is 6.28. The fraction of sp³-hybridized carbons (Fsp3) is 0.474. The average molecular weight is 317 g/mol. The van der Waals surface area contributed by atoms with Gasteiger partial charge in [0.1, 0.15) is 0 Å². The number of rotatable bonds is 3. The molecule has 2 aliphatic heterocycles. The fourth-order valence-electron chi connectivity index (χ4n) is 3.76.